The van der Waals surface area contributed by atoms with Gasteiger partial charge < -0.3 is 30.7 Å². The van der Waals surface area contributed by atoms with E-state index in [-0.39, 0.29) is 24.1 Å². The summed E-state index contributed by atoms with van der Waals surface area (Å²) in [7, 11) is 1.65. The first-order valence-electron chi connectivity index (χ1n) is 13.1. The summed E-state index contributed by atoms with van der Waals surface area (Å²) in [6.07, 6.45) is 3.24. The van der Waals surface area contributed by atoms with Gasteiger partial charge in [-0.25, -0.2) is 19.7 Å². The number of carbonyl (C=O) groups is 2. The van der Waals surface area contributed by atoms with E-state index < -0.39 is 11.7 Å². The van der Waals surface area contributed by atoms with Crippen molar-refractivity contribution in [2.75, 3.05) is 30.8 Å². The summed E-state index contributed by atoms with van der Waals surface area (Å²) in [5, 5.41) is 6.08. The predicted molar refractivity (Wildman–Crippen MR) is 150 cm³/mol. The number of hydrogen-bond donors (Lipinski definition) is 3. The third-order valence-corrected chi connectivity index (χ3v) is 8.03. The van der Waals surface area contributed by atoms with Gasteiger partial charge in [-0.05, 0) is 58.6 Å². The van der Waals surface area contributed by atoms with Gasteiger partial charge in [-0.1, -0.05) is 6.07 Å². The Morgan fingerprint density at radius 1 is 1.18 bits per heavy atom. The predicted octanol–water partition coefficient (Wildman–Crippen LogP) is 2.99. The minimum Gasteiger partial charge on any atom is -0.444 e. The highest BCUT2D eigenvalue weighted by atomic mass is 32.1. The lowest BCUT2D eigenvalue weighted by atomic mass is 9.91. The number of aromatic nitrogens is 3. The number of nitrogens with zero attached hydrogens (tertiary/aromatic N) is 4. The zero-order valence-electron chi connectivity index (χ0n) is 22.9. The van der Waals surface area contributed by atoms with Crippen LogP contribution in [0.25, 0.3) is 10.3 Å². The third-order valence-electron chi connectivity index (χ3n) is 6.95. The highest BCUT2D eigenvalue weighted by Crippen LogP contribution is 2.32. The van der Waals surface area contributed by atoms with Gasteiger partial charge in [-0.15, -0.1) is 11.3 Å². The van der Waals surface area contributed by atoms with Crippen LogP contribution in [0.5, 0.6) is 0 Å². The molecule has 208 valence electrons. The normalized spacial score (nSPS) is 21.1. The molecule has 0 aromatic carbocycles. The van der Waals surface area contributed by atoms with Crippen molar-refractivity contribution in [1.29, 1.82) is 0 Å². The first-order chi connectivity index (χ1) is 18.5. The molecular weight excluding hydrogens is 518 g/mol. The molecule has 0 spiro atoms. The van der Waals surface area contributed by atoms with Crippen molar-refractivity contribution in [2.45, 2.75) is 70.7 Å². The van der Waals surface area contributed by atoms with E-state index in [2.05, 4.69) is 31.6 Å². The molecule has 3 atom stereocenters. The second kappa shape index (κ2) is 10.6. The van der Waals surface area contributed by atoms with Crippen LogP contribution >= 0.6 is 11.3 Å². The van der Waals surface area contributed by atoms with Gasteiger partial charge >= 0.3 is 6.09 Å². The second-order valence-corrected chi connectivity index (χ2v) is 12.1. The van der Waals surface area contributed by atoms with Gasteiger partial charge in [0.05, 0.1) is 23.5 Å². The number of pyridine rings is 1. The van der Waals surface area contributed by atoms with Crippen LogP contribution in [-0.4, -0.2) is 70.9 Å². The van der Waals surface area contributed by atoms with Crippen molar-refractivity contribution in [1.82, 2.24) is 25.6 Å². The summed E-state index contributed by atoms with van der Waals surface area (Å²) in [4.78, 5) is 42.4. The number of nitrogens with two attached hydrogens (primary N) is 1. The number of fused-ring (bicyclic) bond motifs is 2. The first kappa shape index (κ1) is 27.1. The molecule has 2 amide bonds. The maximum absolute atomic E-state index is 13.1. The summed E-state index contributed by atoms with van der Waals surface area (Å²) in [5.41, 5.74) is 9.53. The number of aryl methyl sites for hydroxylation is 2. The number of nitrogens with one attached hydrogen (secondary N) is 2. The van der Waals surface area contributed by atoms with Crippen LogP contribution in [0, 0.1) is 6.92 Å². The largest absolute Gasteiger partial charge is 0.444 e. The summed E-state index contributed by atoms with van der Waals surface area (Å²) in [6, 6.07) is 3.85. The second-order valence-electron chi connectivity index (χ2n) is 11.1. The molecule has 3 aromatic rings. The van der Waals surface area contributed by atoms with Crippen molar-refractivity contribution >= 4 is 45.2 Å². The minimum absolute atomic E-state index is 0.0167. The van der Waals surface area contributed by atoms with E-state index in [0.717, 1.165) is 35.6 Å². The maximum atomic E-state index is 13.1. The first-order valence-corrected chi connectivity index (χ1v) is 13.9. The number of methoxy groups -OCH3 is 1. The van der Waals surface area contributed by atoms with E-state index >= 15 is 0 Å². The molecule has 5 rings (SSSR count). The molecule has 12 heteroatoms. The Bertz CT molecular complexity index is 1400. The molecule has 1 saturated heterocycles. The van der Waals surface area contributed by atoms with Gasteiger partial charge in [0, 0.05) is 38.1 Å². The number of ether oxygens (including phenoxy) is 2. The Hall–Kier alpha value is -3.51. The van der Waals surface area contributed by atoms with Crippen molar-refractivity contribution in [2.24, 2.45) is 0 Å². The van der Waals surface area contributed by atoms with E-state index in [1.807, 2.05) is 33.8 Å². The Labute approximate surface area is 231 Å². The van der Waals surface area contributed by atoms with Crippen molar-refractivity contribution in [3.8, 4) is 0 Å². The fraction of sp³-hybridized carbons (Fsp3) is 0.519. The van der Waals surface area contributed by atoms with E-state index in [0.29, 0.717) is 40.4 Å². The SMILES string of the molecule is COC1CN(c2ccc3c(n2)CCC(NC(=O)c2sc4nc(C)cnc4c2N)C3)CC1NC(=O)OC(C)(C)C. The summed E-state index contributed by atoms with van der Waals surface area (Å²) in [6.45, 7) is 8.56. The van der Waals surface area contributed by atoms with Gasteiger partial charge in [0.25, 0.3) is 5.91 Å². The molecule has 0 bridgehead atoms. The van der Waals surface area contributed by atoms with Crippen LogP contribution < -0.4 is 21.3 Å². The number of rotatable bonds is 5. The lowest BCUT2D eigenvalue weighted by Gasteiger charge is -2.26. The number of carbonyl (C=O) groups excluding carboxylic acids is 2. The minimum atomic E-state index is -0.569. The van der Waals surface area contributed by atoms with Crippen LogP contribution in [0.1, 0.15) is 53.8 Å². The van der Waals surface area contributed by atoms with E-state index in [1.54, 1.807) is 13.3 Å². The lowest BCUT2D eigenvalue weighted by Crippen LogP contribution is -2.45. The highest BCUT2D eigenvalue weighted by molar-refractivity contribution is 7.21. The number of thiophene rings is 1. The summed E-state index contributed by atoms with van der Waals surface area (Å²) in [5.74, 6) is 0.652. The Kier molecular flexibility index (Phi) is 7.34. The molecule has 1 aliphatic carbocycles. The lowest BCUT2D eigenvalue weighted by molar-refractivity contribution is 0.0417. The molecule has 4 N–H and O–H groups in total. The molecule has 3 aromatic heterocycles. The number of nitrogen functional groups attached to an aromatic ring is 1. The topological polar surface area (TPSA) is 145 Å². The molecule has 1 aliphatic heterocycles. The monoisotopic (exact) mass is 553 g/mol. The smallest absolute Gasteiger partial charge is 0.408 e. The van der Waals surface area contributed by atoms with Crippen LogP contribution in [0.15, 0.2) is 18.3 Å². The van der Waals surface area contributed by atoms with Crippen molar-refractivity contribution < 1.29 is 19.1 Å². The van der Waals surface area contributed by atoms with Gasteiger partial charge in [-0.2, -0.15) is 0 Å². The zero-order valence-corrected chi connectivity index (χ0v) is 23.7. The van der Waals surface area contributed by atoms with Crippen molar-refractivity contribution in [3.63, 3.8) is 0 Å². The van der Waals surface area contributed by atoms with Gasteiger partial charge in [0.15, 0.2) is 0 Å². The molecule has 39 heavy (non-hydrogen) atoms. The number of anilines is 2. The molecule has 0 saturated carbocycles. The molecule has 4 heterocycles. The summed E-state index contributed by atoms with van der Waals surface area (Å²) < 4.78 is 11.1. The molecular formula is C27H35N7O4S. The quantitative estimate of drug-likeness (QED) is 0.434. The molecule has 2 aliphatic rings. The Morgan fingerprint density at radius 3 is 2.72 bits per heavy atom. The van der Waals surface area contributed by atoms with E-state index in [4.69, 9.17) is 20.2 Å². The Balaban J connectivity index is 1.22. The van der Waals surface area contributed by atoms with Crippen molar-refractivity contribution in [3.05, 3.63) is 40.2 Å². The molecule has 0 radical (unpaired) electrons. The van der Waals surface area contributed by atoms with Gasteiger partial charge in [-0.3, -0.25) is 4.79 Å². The zero-order chi connectivity index (χ0) is 27.9. The van der Waals surface area contributed by atoms with Gasteiger partial charge in [0.1, 0.15) is 26.6 Å². The fourth-order valence-corrected chi connectivity index (χ4v) is 6.09. The standard InChI is InChI=1S/C27H35N7O4S/c1-14-11-29-22-21(28)23(39-25(22)30-14)24(35)31-16-7-8-17-15(10-16)6-9-20(32-17)34-12-18(19(13-34)37-5)33-26(36)38-27(2,3)4/h6,9,11,16,18-19H,7-8,10,12-13,28H2,1-5H3,(H,31,35)(H,33,36). The van der Waals surface area contributed by atoms with Crippen LogP contribution in [0.4, 0.5) is 16.3 Å². The number of hydrogen-bond acceptors (Lipinski definition) is 10. The summed E-state index contributed by atoms with van der Waals surface area (Å²) >= 11 is 1.27. The molecule has 3 unspecified atom stereocenters. The average Bonchev–Trinajstić information content (AvgIpc) is 3.42. The van der Waals surface area contributed by atoms with Gasteiger partial charge in [0.2, 0.25) is 0 Å². The number of alkyl carbamates (subject to hydrolysis) is 1. The van der Waals surface area contributed by atoms with E-state index in [1.165, 1.54) is 11.3 Å². The molecule has 11 nitrogen and oxygen atoms in total. The van der Waals surface area contributed by atoms with Crippen LogP contribution in [0.2, 0.25) is 0 Å². The fourth-order valence-electron chi connectivity index (χ4n) is 5.09. The van der Waals surface area contributed by atoms with E-state index in [9.17, 15) is 9.59 Å². The highest BCUT2D eigenvalue weighted by Gasteiger charge is 2.36. The van der Waals surface area contributed by atoms with Crippen LogP contribution in [-0.2, 0) is 22.3 Å². The average molecular weight is 554 g/mol. The third kappa shape index (κ3) is 5.91. The van der Waals surface area contributed by atoms with Crippen LogP contribution in [0.3, 0.4) is 0 Å². The molecule has 1 fully saturated rings. The Morgan fingerprint density at radius 2 is 1.97 bits per heavy atom. The maximum Gasteiger partial charge on any atom is 0.408 e. The number of amides is 2.